The van der Waals surface area contributed by atoms with Crippen LogP contribution in [0.2, 0.25) is 5.02 Å². The lowest BCUT2D eigenvalue weighted by atomic mass is 10.1. The summed E-state index contributed by atoms with van der Waals surface area (Å²) in [6.07, 6.45) is 3.51. The van der Waals surface area contributed by atoms with Gasteiger partial charge in [0.2, 0.25) is 0 Å². The fraction of sp³-hybridized carbons (Fsp3) is 0.385. The van der Waals surface area contributed by atoms with Crippen molar-refractivity contribution in [1.82, 2.24) is 15.0 Å². The van der Waals surface area contributed by atoms with E-state index in [1.165, 1.54) is 0 Å². The number of ether oxygens (including phenoxy) is 2. The van der Waals surface area contributed by atoms with Gasteiger partial charge in [0, 0.05) is 24.3 Å². The van der Waals surface area contributed by atoms with E-state index in [-0.39, 0.29) is 0 Å². The number of aryl methyl sites for hydroxylation is 3. The minimum absolute atomic E-state index is 0.572. The van der Waals surface area contributed by atoms with Gasteiger partial charge >= 0.3 is 0 Å². The summed E-state index contributed by atoms with van der Waals surface area (Å²) in [6, 6.07) is 3.77. The van der Waals surface area contributed by atoms with Gasteiger partial charge in [-0.2, -0.15) is 0 Å². The van der Waals surface area contributed by atoms with Crippen molar-refractivity contribution >= 4 is 11.6 Å². The maximum Gasteiger partial charge on any atom is 0.162 e. The summed E-state index contributed by atoms with van der Waals surface area (Å²) in [5.74, 6) is 1.49. The van der Waals surface area contributed by atoms with Crippen molar-refractivity contribution < 1.29 is 9.47 Å². The van der Waals surface area contributed by atoms with Gasteiger partial charge in [-0.3, -0.25) is 4.68 Å². The smallest absolute Gasteiger partial charge is 0.162 e. The minimum atomic E-state index is 0.572. The molecule has 0 bridgehead atoms. The highest BCUT2D eigenvalue weighted by Gasteiger charge is 2.15. The van der Waals surface area contributed by atoms with E-state index < -0.39 is 0 Å². The zero-order chi connectivity index (χ0) is 13.2. The van der Waals surface area contributed by atoms with E-state index in [0.29, 0.717) is 18.2 Å². The molecule has 0 N–H and O–H groups in total. The van der Waals surface area contributed by atoms with Crippen molar-refractivity contribution in [2.75, 3.05) is 13.2 Å². The molecule has 0 amide bonds. The second-order valence-corrected chi connectivity index (χ2v) is 4.88. The molecule has 1 aliphatic heterocycles. The Balaban J connectivity index is 1.77. The first-order valence-corrected chi connectivity index (χ1v) is 6.53. The van der Waals surface area contributed by atoms with Crippen LogP contribution in [0.5, 0.6) is 11.5 Å². The van der Waals surface area contributed by atoms with Crippen LogP contribution >= 0.6 is 11.6 Å². The largest absolute Gasteiger partial charge is 0.486 e. The summed E-state index contributed by atoms with van der Waals surface area (Å²) in [5.41, 5.74) is 1.99. The van der Waals surface area contributed by atoms with Gasteiger partial charge in [0.25, 0.3) is 0 Å². The lowest BCUT2D eigenvalue weighted by molar-refractivity contribution is 0.171. The quantitative estimate of drug-likeness (QED) is 0.862. The van der Waals surface area contributed by atoms with Crippen LogP contribution in [-0.4, -0.2) is 28.2 Å². The molecule has 2 heterocycles. The molecule has 19 heavy (non-hydrogen) atoms. The van der Waals surface area contributed by atoms with Crippen LogP contribution < -0.4 is 9.47 Å². The van der Waals surface area contributed by atoms with Crippen molar-refractivity contribution in [3.05, 3.63) is 34.6 Å². The van der Waals surface area contributed by atoms with Crippen LogP contribution in [0, 0.1) is 0 Å². The summed E-state index contributed by atoms with van der Waals surface area (Å²) < 4.78 is 12.7. The number of rotatable bonds is 3. The van der Waals surface area contributed by atoms with Gasteiger partial charge < -0.3 is 9.47 Å². The zero-order valence-corrected chi connectivity index (χ0v) is 11.4. The SMILES string of the molecule is Cn1cc(CCc2cc3c(cc2Cl)OCCO3)nn1. The van der Waals surface area contributed by atoms with E-state index in [4.69, 9.17) is 21.1 Å². The molecule has 0 radical (unpaired) electrons. The molecule has 5 nitrogen and oxygen atoms in total. The summed E-state index contributed by atoms with van der Waals surface area (Å²) in [5, 5.41) is 8.67. The predicted octanol–water partition coefficient (Wildman–Crippen LogP) is 2.02. The number of fused-ring (bicyclic) bond motifs is 1. The van der Waals surface area contributed by atoms with E-state index in [1.807, 2.05) is 25.4 Å². The zero-order valence-electron chi connectivity index (χ0n) is 10.6. The third-order valence-electron chi connectivity index (χ3n) is 3.01. The highest BCUT2D eigenvalue weighted by Crippen LogP contribution is 2.35. The van der Waals surface area contributed by atoms with Gasteiger partial charge in [-0.05, 0) is 24.5 Å². The van der Waals surface area contributed by atoms with Crippen molar-refractivity contribution in [1.29, 1.82) is 0 Å². The second-order valence-electron chi connectivity index (χ2n) is 4.47. The summed E-state index contributed by atoms with van der Waals surface area (Å²) in [6.45, 7) is 1.15. The van der Waals surface area contributed by atoms with Crippen LogP contribution in [-0.2, 0) is 19.9 Å². The third kappa shape index (κ3) is 2.66. The van der Waals surface area contributed by atoms with Crippen molar-refractivity contribution in [3.63, 3.8) is 0 Å². The molecule has 2 aromatic rings. The van der Waals surface area contributed by atoms with E-state index in [1.54, 1.807) is 4.68 Å². The van der Waals surface area contributed by atoms with Gasteiger partial charge in [0.05, 0.1) is 5.69 Å². The topological polar surface area (TPSA) is 49.2 Å². The molecular weight excluding hydrogens is 266 g/mol. The molecule has 0 atom stereocenters. The molecule has 0 aliphatic carbocycles. The Hall–Kier alpha value is -1.75. The van der Waals surface area contributed by atoms with Gasteiger partial charge in [-0.1, -0.05) is 16.8 Å². The van der Waals surface area contributed by atoms with Crippen LogP contribution in [0.3, 0.4) is 0 Å². The molecule has 1 aliphatic rings. The number of benzene rings is 1. The van der Waals surface area contributed by atoms with Crippen LogP contribution in [0.25, 0.3) is 0 Å². The molecule has 100 valence electrons. The number of nitrogens with zero attached hydrogens (tertiary/aromatic N) is 3. The van der Waals surface area contributed by atoms with Gasteiger partial charge in [-0.15, -0.1) is 5.10 Å². The Labute approximate surface area is 116 Å². The molecule has 1 aromatic carbocycles. The maximum atomic E-state index is 6.26. The second kappa shape index (κ2) is 5.09. The summed E-state index contributed by atoms with van der Waals surface area (Å²) in [4.78, 5) is 0. The predicted molar refractivity (Wildman–Crippen MR) is 70.9 cm³/mol. The van der Waals surface area contributed by atoms with Crippen molar-refractivity contribution in [3.8, 4) is 11.5 Å². The van der Waals surface area contributed by atoms with Crippen LogP contribution in [0.1, 0.15) is 11.3 Å². The fourth-order valence-corrected chi connectivity index (χ4v) is 2.32. The Kier molecular flexibility index (Phi) is 3.29. The first kappa shape index (κ1) is 12.3. The average Bonchev–Trinajstić information content (AvgIpc) is 2.82. The van der Waals surface area contributed by atoms with E-state index in [9.17, 15) is 0 Å². The molecular formula is C13H14ClN3O2. The van der Waals surface area contributed by atoms with Gasteiger partial charge in [0.15, 0.2) is 11.5 Å². The van der Waals surface area contributed by atoms with Gasteiger partial charge in [0.1, 0.15) is 13.2 Å². The van der Waals surface area contributed by atoms with E-state index in [0.717, 1.165) is 35.6 Å². The molecule has 0 unspecified atom stereocenters. The molecule has 3 rings (SSSR count). The Bertz CT molecular complexity index is 598. The summed E-state index contributed by atoms with van der Waals surface area (Å²) in [7, 11) is 1.85. The fourth-order valence-electron chi connectivity index (χ4n) is 2.07. The Morgan fingerprint density at radius 2 is 1.95 bits per heavy atom. The monoisotopic (exact) mass is 279 g/mol. The average molecular weight is 280 g/mol. The highest BCUT2D eigenvalue weighted by molar-refractivity contribution is 6.31. The number of hydrogen-bond acceptors (Lipinski definition) is 4. The number of hydrogen-bond donors (Lipinski definition) is 0. The normalized spacial score (nSPS) is 13.6. The summed E-state index contributed by atoms with van der Waals surface area (Å²) >= 11 is 6.26. The van der Waals surface area contributed by atoms with Crippen LogP contribution in [0.15, 0.2) is 18.3 Å². The first-order valence-electron chi connectivity index (χ1n) is 6.15. The lowest BCUT2D eigenvalue weighted by Crippen LogP contribution is -2.15. The Morgan fingerprint density at radius 1 is 1.21 bits per heavy atom. The minimum Gasteiger partial charge on any atom is -0.486 e. The first-order chi connectivity index (χ1) is 9.22. The lowest BCUT2D eigenvalue weighted by Gasteiger charge is -2.19. The standard InChI is InChI=1S/C13H14ClN3O2/c1-17-8-10(15-16-17)3-2-9-6-12-13(7-11(9)14)19-5-4-18-12/h6-8H,2-5H2,1H3. The van der Waals surface area contributed by atoms with Crippen molar-refractivity contribution in [2.45, 2.75) is 12.8 Å². The third-order valence-corrected chi connectivity index (χ3v) is 3.36. The molecule has 0 saturated carbocycles. The van der Waals surface area contributed by atoms with E-state index >= 15 is 0 Å². The van der Waals surface area contributed by atoms with Crippen molar-refractivity contribution in [2.24, 2.45) is 7.05 Å². The number of aromatic nitrogens is 3. The molecule has 6 heteroatoms. The van der Waals surface area contributed by atoms with Gasteiger partial charge in [-0.25, -0.2) is 0 Å². The molecule has 1 aromatic heterocycles. The number of halogens is 1. The maximum absolute atomic E-state index is 6.26. The van der Waals surface area contributed by atoms with E-state index in [2.05, 4.69) is 10.3 Å². The highest BCUT2D eigenvalue weighted by atomic mass is 35.5. The molecule has 0 saturated heterocycles. The molecule has 0 fully saturated rings. The van der Waals surface area contributed by atoms with Crippen LogP contribution in [0.4, 0.5) is 0 Å². The Morgan fingerprint density at radius 3 is 2.63 bits per heavy atom. The molecule has 0 spiro atoms.